The molecule has 100 valence electrons. The molecule has 2 aliphatic carbocycles. The Morgan fingerprint density at radius 3 is 2.53 bits per heavy atom. The first-order chi connectivity index (χ1) is 8.40. The second-order valence-corrected chi connectivity index (χ2v) is 5.55. The number of hydrogen-bond donors (Lipinski definition) is 1. The van der Waals surface area contributed by atoms with Crippen molar-refractivity contribution in [2.75, 3.05) is 33.4 Å². The first-order valence-electron chi connectivity index (χ1n) is 7.36. The standard InChI is InChI=1S/C14H28N2O/c1-17-12-11-16(14-7-8-14)10-4-9-15-13-5-2-3-6-13/h13-15H,2-12H2,1H3. The van der Waals surface area contributed by atoms with Crippen molar-refractivity contribution in [3.05, 3.63) is 0 Å². The summed E-state index contributed by atoms with van der Waals surface area (Å²) < 4.78 is 5.18. The van der Waals surface area contributed by atoms with Gasteiger partial charge in [-0.05, 0) is 45.2 Å². The van der Waals surface area contributed by atoms with E-state index >= 15 is 0 Å². The Balaban J connectivity index is 1.52. The minimum absolute atomic E-state index is 0.823. The molecule has 0 spiro atoms. The predicted molar refractivity (Wildman–Crippen MR) is 71.3 cm³/mol. The van der Waals surface area contributed by atoms with Gasteiger partial charge < -0.3 is 10.1 Å². The lowest BCUT2D eigenvalue weighted by atomic mass is 10.2. The average molecular weight is 240 g/mol. The molecule has 2 rings (SSSR count). The normalized spacial score (nSPS) is 21.5. The molecule has 0 amide bonds. The van der Waals surface area contributed by atoms with Gasteiger partial charge in [0.1, 0.15) is 0 Å². The van der Waals surface area contributed by atoms with Crippen LogP contribution < -0.4 is 5.32 Å². The van der Waals surface area contributed by atoms with Crippen molar-refractivity contribution in [1.29, 1.82) is 0 Å². The lowest BCUT2D eigenvalue weighted by Crippen LogP contribution is -2.34. The first kappa shape index (κ1) is 13.3. The van der Waals surface area contributed by atoms with Crippen molar-refractivity contribution < 1.29 is 4.74 Å². The van der Waals surface area contributed by atoms with Gasteiger partial charge >= 0.3 is 0 Å². The minimum atomic E-state index is 0.823. The van der Waals surface area contributed by atoms with Gasteiger partial charge in [-0.25, -0.2) is 0 Å². The van der Waals surface area contributed by atoms with Crippen molar-refractivity contribution in [3.8, 4) is 0 Å². The molecule has 0 aromatic heterocycles. The maximum atomic E-state index is 5.18. The molecule has 2 saturated carbocycles. The SMILES string of the molecule is COCCN(CCCNC1CCCC1)C1CC1. The van der Waals surface area contributed by atoms with Gasteiger partial charge in [0, 0.05) is 25.7 Å². The van der Waals surface area contributed by atoms with Crippen LogP contribution in [0.2, 0.25) is 0 Å². The van der Waals surface area contributed by atoms with Crippen molar-refractivity contribution in [2.45, 2.75) is 57.0 Å². The van der Waals surface area contributed by atoms with E-state index in [1.807, 2.05) is 0 Å². The molecule has 3 heteroatoms. The summed E-state index contributed by atoms with van der Waals surface area (Å²) in [7, 11) is 1.80. The lowest BCUT2D eigenvalue weighted by molar-refractivity contribution is 0.142. The fraction of sp³-hybridized carbons (Fsp3) is 1.00. The quantitative estimate of drug-likeness (QED) is 0.624. The molecule has 0 aromatic carbocycles. The van der Waals surface area contributed by atoms with Crippen LogP contribution in [0.25, 0.3) is 0 Å². The van der Waals surface area contributed by atoms with Gasteiger partial charge in [-0.1, -0.05) is 12.8 Å². The second kappa shape index (κ2) is 7.34. The predicted octanol–water partition coefficient (Wildman–Crippen LogP) is 2.02. The molecule has 1 N–H and O–H groups in total. The molecule has 0 heterocycles. The van der Waals surface area contributed by atoms with Crippen LogP contribution in [0.15, 0.2) is 0 Å². The summed E-state index contributed by atoms with van der Waals surface area (Å²) in [6.45, 7) is 4.44. The van der Waals surface area contributed by atoms with Crippen LogP contribution in [0.4, 0.5) is 0 Å². The van der Waals surface area contributed by atoms with Crippen LogP contribution in [0.5, 0.6) is 0 Å². The maximum Gasteiger partial charge on any atom is 0.0589 e. The molecular weight excluding hydrogens is 212 g/mol. The molecule has 2 fully saturated rings. The highest BCUT2D eigenvalue weighted by Crippen LogP contribution is 2.26. The molecule has 0 bridgehead atoms. The Morgan fingerprint density at radius 2 is 1.88 bits per heavy atom. The minimum Gasteiger partial charge on any atom is -0.383 e. The van der Waals surface area contributed by atoms with Gasteiger partial charge in [-0.3, -0.25) is 4.90 Å². The summed E-state index contributed by atoms with van der Waals surface area (Å²) in [6.07, 6.45) is 9.75. The van der Waals surface area contributed by atoms with Crippen LogP contribution in [0.3, 0.4) is 0 Å². The first-order valence-corrected chi connectivity index (χ1v) is 7.36. The van der Waals surface area contributed by atoms with Crippen LogP contribution >= 0.6 is 0 Å². The van der Waals surface area contributed by atoms with E-state index < -0.39 is 0 Å². The summed E-state index contributed by atoms with van der Waals surface area (Å²) in [5, 5.41) is 3.69. The largest absolute Gasteiger partial charge is 0.383 e. The zero-order valence-corrected chi connectivity index (χ0v) is 11.3. The molecule has 0 saturated heterocycles. The van der Waals surface area contributed by atoms with E-state index in [1.54, 1.807) is 7.11 Å². The highest BCUT2D eigenvalue weighted by molar-refractivity contribution is 4.84. The van der Waals surface area contributed by atoms with E-state index in [0.29, 0.717) is 0 Å². The molecule has 0 aliphatic heterocycles. The van der Waals surface area contributed by atoms with E-state index in [-0.39, 0.29) is 0 Å². The van der Waals surface area contributed by atoms with Crippen LogP contribution in [0, 0.1) is 0 Å². The fourth-order valence-electron chi connectivity index (χ4n) is 2.84. The topological polar surface area (TPSA) is 24.5 Å². The van der Waals surface area contributed by atoms with Crippen LogP contribution in [0.1, 0.15) is 44.9 Å². The van der Waals surface area contributed by atoms with Crippen molar-refractivity contribution in [2.24, 2.45) is 0 Å². The Morgan fingerprint density at radius 1 is 1.12 bits per heavy atom. The zero-order valence-electron chi connectivity index (χ0n) is 11.3. The van der Waals surface area contributed by atoms with E-state index in [4.69, 9.17) is 4.74 Å². The third-order valence-corrected chi connectivity index (χ3v) is 4.06. The number of hydrogen-bond acceptors (Lipinski definition) is 3. The third-order valence-electron chi connectivity index (χ3n) is 4.06. The number of nitrogens with zero attached hydrogens (tertiary/aromatic N) is 1. The lowest BCUT2D eigenvalue weighted by Gasteiger charge is -2.22. The third kappa shape index (κ3) is 4.94. The molecule has 2 aliphatic rings. The van der Waals surface area contributed by atoms with Gasteiger partial charge in [0.15, 0.2) is 0 Å². The van der Waals surface area contributed by atoms with Gasteiger partial charge in [0.25, 0.3) is 0 Å². The summed E-state index contributed by atoms with van der Waals surface area (Å²) >= 11 is 0. The summed E-state index contributed by atoms with van der Waals surface area (Å²) in [6, 6.07) is 1.69. The Kier molecular flexibility index (Phi) is 5.75. The molecule has 17 heavy (non-hydrogen) atoms. The summed E-state index contributed by atoms with van der Waals surface area (Å²) in [4.78, 5) is 2.61. The van der Waals surface area contributed by atoms with E-state index in [2.05, 4.69) is 10.2 Å². The van der Waals surface area contributed by atoms with Gasteiger partial charge in [-0.15, -0.1) is 0 Å². The summed E-state index contributed by atoms with van der Waals surface area (Å²) in [5.74, 6) is 0. The van der Waals surface area contributed by atoms with E-state index in [0.717, 1.165) is 25.2 Å². The number of nitrogens with one attached hydrogen (secondary N) is 1. The number of rotatable bonds is 9. The Bertz CT molecular complexity index is 200. The van der Waals surface area contributed by atoms with Gasteiger partial charge in [0.05, 0.1) is 6.61 Å². The highest BCUT2D eigenvalue weighted by Gasteiger charge is 2.28. The molecule has 0 aromatic rings. The van der Waals surface area contributed by atoms with Crippen molar-refractivity contribution in [3.63, 3.8) is 0 Å². The molecule has 0 radical (unpaired) electrons. The van der Waals surface area contributed by atoms with Crippen molar-refractivity contribution >= 4 is 0 Å². The Hall–Kier alpha value is -0.120. The monoisotopic (exact) mass is 240 g/mol. The van der Waals surface area contributed by atoms with Crippen LogP contribution in [-0.4, -0.2) is 50.3 Å². The zero-order chi connectivity index (χ0) is 11.9. The maximum absolute atomic E-state index is 5.18. The summed E-state index contributed by atoms with van der Waals surface area (Å²) in [5.41, 5.74) is 0. The molecular formula is C14H28N2O. The molecule has 3 nitrogen and oxygen atoms in total. The number of methoxy groups -OCH3 is 1. The van der Waals surface area contributed by atoms with Crippen molar-refractivity contribution in [1.82, 2.24) is 10.2 Å². The van der Waals surface area contributed by atoms with Gasteiger partial charge in [-0.2, -0.15) is 0 Å². The van der Waals surface area contributed by atoms with E-state index in [9.17, 15) is 0 Å². The second-order valence-electron chi connectivity index (χ2n) is 5.55. The molecule has 0 unspecified atom stereocenters. The fourth-order valence-corrected chi connectivity index (χ4v) is 2.84. The van der Waals surface area contributed by atoms with E-state index in [1.165, 1.54) is 58.0 Å². The van der Waals surface area contributed by atoms with Crippen LogP contribution in [-0.2, 0) is 4.74 Å². The number of ether oxygens (including phenoxy) is 1. The molecule has 0 atom stereocenters. The highest BCUT2D eigenvalue weighted by atomic mass is 16.5. The average Bonchev–Trinajstić information content (AvgIpc) is 3.05. The Labute approximate surface area is 106 Å². The van der Waals surface area contributed by atoms with Gasteiger partial charge in [0.2, 0.25) is 0 Å². The smallest absolute Gasteiger partial charge is 0.0589 e.